The molecule has 2 heterocycles. The van der Waals surface area contributed by atoms with Crippen molar-refractivity contribution in [3.8, 4) is 11.5 Å². The predicted octanol–water partition coefficient (Wildman–Crippen LogP) is 3.33. The van der Waals surface area contributed by atoms with Crippen molar-refractivity contribution in [2.24, 2.45) is 21.5 Å². The average molecular weight is 427 g/mol. The summed E-state index contributed by atoms with van der Waals surface area (Å²) < 4.78 is 11.6. The van der Waals surface area contributed by atoms with Crippen LogP contribution in [-0.2, 0) is 0 Å². The molecule has 2 rings (SSSR count). The summed E-state index contributed by atoms with van der Waals surface area (Å²) in [5.41, 5.74) is 13.2. The van der Waals surface area contributed by atoms with Gasteiger partial charge in [0.05, 0.1) is 13.2 Å². The molecular weight excluding hydrogens is 392 g/mol. The maximum atomic E-state index is 5.97. The van der Waals surface area contributed by atoms with Gasteiger partial charge in [0.2, 0.25) is 0 Å². The molecule has 0 unspecified atom stereocenters. The first-order valence-electron chi connectivity index (χ1n) is 10.7. The second-order valence-corrected chi connectivity index (χ2v) is 7.73. The van der Waals surface area contributed by atoms with Crippen molar-refractivity contribution in [3.05, 3.63) is 48.0 Å². The van der Waals surface area contributed by atoms with E-state index in [-0.39, 0.29) is 12.1 Å². The SMILES string of the molecule is CC(C)N=C(N)c1cc(OCCCCCOc2ccnc(C(N)=NC(C)C)c2)ccn1. The van der Waals surface area contributed by atoms with Gasteiger partial charge < -0.3 is 20.9 Å². The number of nitrogens with two attached hydrogens (primary N) is 2. The number of nitrogens with zero attached hydrogens (tertiary/aromatic N) is 4. The Kier molecular flexibility index (Phi) is 9.74. The van der Waals surface area contributed by atoms with Crippen molar-refractivity contribution in [2.45, 2.75) is 59.0 Å². The van der Waals surface area contributed by atoms with Gasteiger partial charge in [-0.2, -0.15) is 0 Å². The molecule has 0 aliphatic rings. The van der Waals surface area contributed by atoms with E-state index in [2.05, 4.69) is 20.0 Å². The highest BCUT2D eigenvalue weighted by molar-refractivity contribution is 5.96. The minimum absolute atomic E-state index is 0.123. The number of aromatic nitrogens is 2. The third-order valence-corrected chi connectivity index (χ3v) is 4.11. The third kappa shape index (κ3) is 9.02. The van der Waals surface area contributed by atoms with Crippen LogP contribution in [0.1, 0.15) is 58.3 Å². The summed E-state index contributed by atoms with van der Waals surface area (Å²) in [7, 11) is 0. The Morgan fingerprint density at radius 3 is 1.58 bits per heavy atom. The van der Waals surface area contributed by atoms with Crippen molar-refractivity contribution >= 4 is 11.7 Å². The van der Waals surface area contributed by atoms with Crippen LogP contribution in [0, 0.1) is 0 Å². The zero-order chi connectivity index (χ0) is 22.6. The van der Waals surface area contributed by atoms with Crippen LogP contribution in [0.25, 0.3) is 0 Å². The Morgan fingerprint density at radius 1 is 0.774 bits per heavy atom. The van der Waals surface area contributed by atoms with E-state index >= 15 is 0 Å². The molecule has 0 aliphatic heterocycles. The van der Waals surface area contributed by atoms with Crippen molar-refractivity contribution in [1.29, 1.82) is 0 Å². The molecule has 0 spiro atoms. The normalized spacial score (nSPS) is 12.5. The van der Waals surface area contributed by atoms with Crippen molar-refractivity contribution in [3.63, 3.8) is 0 Å². The molecule has 0 radical (unpaired) electrons. The van der Waals surface area contributed by atoms with Crippen molar-refractivity contribution < 1.29 is 9.47 Å². The molecule has 2 aromatic rings. The van der Waals surface area contributed by atoms with E-state index in [1.807, 2.05) is 52.0 Å². The molecule has 8 heteroatoms. The summed E-state index contributed by atoms with van der Waals surface area (Å²) in [4.78, 5) is 17.1. The molecule has 8 nitrogen and oxygen atoms in total. The first-order valence-corrected chi connectivity index (χ1v) is 10.7. The van der Waals surface area contributed by atoms with Crippen molar-refractivity contribution in [1.82, 2.24) is 9.97 Å². The monoisotopic (exact) mass is 426 g/mol. The third-order valence-electron chi connectivity index (χ3n) is 4.11. The van der Waals surface area contributed by atoms with Gasteiger partial charge in [-0.25, -0.2) is 0 Å². The Labute approximate surface area is 184 Å². The lowest BCUT2D eigenvalue weighted by Crippen LogP contribution is -2.17. The van der Waals surface area contributed by atoms with Crippen LogP contribution in [0.4, 0.5) is 0 Å². The standard InChI is InChI=1S/C23H34N6O2/c1-16(2)28-22(24)20-14-18(8-10-26-20)30-12-6-5-7-13-31-19-9-11-27-21(15-19)23(25)29-17(3)4/h8-11,14-17H,5-7,12-13H2,1-4H3,(H2,24,28)(H2,25,29). The van der Waals surface area contributed by atoms with Crippen LogP contribution in [0.5, 0.6) is 11.5 Å². The van der Waals surface area contributed by atoms with E-state index < -0.39 is 0 Å². The summed E-state index contributed by atoms with van der Waals surface area (Å²) in [5, 5.41) is 0. The number of unbranched alkanes of at least 4 members (excludes halogenated alkanes) is 2. The number of hydrogen-bond donors (Lipinski definition) is 2. The molecule has 0 fully saturated rings. The largest absolute Gasteiger partial charge is 0.493 e. The van der Waals surface area contributed by atoms with Crippen LogP contribution in [0.3, 0.4) is 0 Å². The highest BCUT2D eigenvalue weighted by Crippen LogP contribution is 2.14. The van der Waals surface area contributed by atoms with Crippen LogP contribution in [0.15, 0.2) is 46.6 Å². The fraction of sp³-hybridized carbons (Fsp3) is 0.478. The summed E-state index contributed by atoms with van der Waals surface area (Å²) in [6.07, 6.45) is 6.20. The topological polar surface area (TPSA) is 121 Å². The minimum Gasteiger partial charge on any atom is -0.493 e. The average Bonchev–Trinajstić information content (AvgIpc) is 2.72. The molecule has 0 aliphatic carbocycles. The lowest BCUT2D eigenvalue weighted by Gasteiger charge is -2.09. The van der Waals surface area contributed by atoms with Gasteiger partial charge in [-0.1, -0.05) is 0 Å². The van der Waals surface area contributed by atoms with Gasteiger partial charge in [-0.3, -0.25) is 20.0 Å². The highest BCUT2D eigenvalue weighted by Gasteiger charge is 2.05. The molecule has 0 saturated heterocycles. The first-order chi connectivity index (χ1) is 14.8. The molecule has 0 aromatic carbocycles. The molecule has 0 amide bonds. The van der Waals surface area contributed by atoms with Gasteiger partial charge in [0.15, 0.2) is 0 Å². The number of pyridine rings is 2. The Balaban J connectivity index is 1.70. The fourth-order valence-corrected chi connectivity index (χ4v) is 2.73. The van der Waals surface area contributed by atoms with Crippen LogP contribution in [0.2, 0.25) is 0 Å². The van der Waals surface area contributed by atoms with E-state index in [4.69, 9.17) is 20.9 Å². The van der Waals surface area contributed by atoms with E-state index in [9.17, 15) is 0 Å². The van der Waals surface area contributed by atoms with Crippen LogP contribution < -0.4 is 20.9 Å². The molecule has 4 N–H and O–H groups in total. The number of amidine groups is 2. The number of aliphatic imine (C=N–C) groups is 2. The molecule has 2 aromatic heterocycles. The molecule has 0 bridgehead atoms. The Morgan fingerprint density at radius 2 is 1.19 bits per heavy atom. The summed E-state index contributed by atoms with van der Waals surface area (Å²) in [6, 6.07) is 7.53. The van der Waals surface area contributed by atoms with Gasteiger partial charge in [-0.05, 0) is 59.1 Å². The van der Waals surface area contributed by atoms with Gasteiger partial charge in [0, 0.05) is 36.6 Å². The second kappa shape index (κ2) is 12.5. The Hall–Kier alpha value is -3.16. The maximum Gasteiger partial charge on any atom is 0.145 e. The van der Waals surface area contributed by atoms with E-state index in [1.165, 1.54) is 0 Å². The number of rotatable bonds is 12. The van der Waals surface area contributed by atoms with Gasteiger partial charge in [-0.15, -0.1) is 0 Å². The maximum absolute atomic E-state index is 5.97. The predicted molar refractivity (Wildman–Crippen MR) is 125 cm³/mol. The highest BCUT2D eigenvalue weighted by atomic mass is 16.5. The Bertz CT molecular complexity index is 808. The van der Waals surface area contributed by atoms with Crippen LogP contribution in [-0.4, -0.2) is 46.9 Å². The van der Waals surface area contributed by atoms with Gasteiger partial charge in [0.1, 0.15) is 34.6 Å². The fourth-order valence-electron chi connectivity index (χ4n) is 2.73. The quantitative estimate of drug-likeness (QED) is 0.305. The smallest absolute Gasteiger partial charge is 0.145 e. The first kappa shape index (κ1) is 24.1. The lowest BCUT2D eigenvalue weighted by molar-refractivity contribution is 0.279. The minimum atomic E-state index is 0.123. The molecule has 0 atom stereocenters. The summed E-state index contributed by atoms with van der Waals surface area (Å²) in [5.74, 6) is 2.34. The number of ether oxygens (including phenoxy) is 2. The van der Waals surface area contributed by atoms with Crippen molar-refractivity contribution in [2.75, 3.05) is 13.2 Å². The number of hydrogen-bond acceptors (Lipinski definition) is 6. The van der Waals surface area contributed by atoms with Gasteiger partial charge >= 0.3 is 0 Å². The zero-order valence-corrected chi connectivity index (χ0v) is 18.9. The molecule has 168 valence electrons. The summed E-state index contributed by atoms with van der Waals surface area (Å²) in [6.45, 7) is 9.13. The lowest BCUT2D eigenvalue weighted by atomic mass is 10.2. The van der Waals surface area contributed by atoms with E-state index in [0.29, 0.717) is 36.3 Å². The molecule has 31 heavy (non-hydrogen) atoms. The summed E-state index contributed by atoms with van der Waals surface area (Å²) >= 11 is 0. The van der Waals surface area contributed by atoms with Gasteiger partial charge in [0.25, 0.3) is 0 Å². The second-order valence-electron chi connectivity index (χ2n) is 7.73. The zero-order valence-electron chi connectivity index (χ0n) is 18.9. The van der Waals surface area contributed by atoms with E-state index in [1.54, 1.807) is 12.4 Å². The van der Waals surface area contributed by atoms with E-state index in [0.717, 1.165) is 30.8 Å². The van der Waals surface area contributed by atoms with Crippen LogP contribution >= 0.6 is 0 Å². The molecular formula is C23H34N6O2. The molecule has 0 saturated carbocycles.